The first kappa shape index (κ1) is 14.9. The van der Waals surface area contributed by atoms with Crippen molar-refractivity contribution in [3.63, 3.8) is 0 Å². The van der Waals surface area contributed by atoms with E-state index in [-0.39, 0.29) is 11.3 Å². The van der Waals surface area contributed by atoms with E-state index in [9.17, 15) is 24.8 Å². The molecule has 2 unspecified atom stereocenters. The second kappa shape index (κ2) is 5.88. The minimum absolute atomic E-state index is 0.213. The molecule has 0 spiro atoms. The molecule has 8 nitrogen and oxygen atoms in total. The Labute approximate surface area is 119 Å². The zero-order chi connectivity index (χ0) is 15.6. The highest BCUT2D eigenvalue weighted by Crippen LogP contribution is 2.31. The number of carbonyl (C=O) groups is 2. The molecule has 0 aliphatic carbocycles. The van der Waals surface area contributed by atoms with Crippen molar-refractivity contribution in [2.75, 3.05) is 6.54 Å². The number of likely N-dealkylation sites (tertiary alicyclic amines) is 1. The summed E-state index contributed by atoms with van der Waals surface area (Å²) in [6.07, 6.45) is 0.948. The first-order valence-corrected chi connectivity index (χ1v) is 6.37. The van der Waals surface area contributed by atoms with Crippen molar-refractivity contribution in [3.05, 3.63) is 39.9 Å². The molecule has 1 fully saturated rings. The Hall–Kier alpha value is -2.48. The maximum absolute atomic E-state index is 11.5. The lowest BCUT2D eigenvalue weighted by molar-refractivity contribution is -0.384. The predicted octanol–water partition coefficient (Wildman–Crippen LogP) is 1.27. The highest BCUT2D eigenvalue weighted by atomic mass is 16.6. The molecule has 0 radical (unpaired) electrons. The Morgan fingerprint density at radius 1 is 1.38 bits per heavy atom. The molecule has 1 aliphatic rings. The number of carboxylic acids is 2. The molecular weight excluding hydrogens is 280 g/mol. The van der Waals surface area contributed by atoms with Gasteiger partial charge in [-0.3, -0.25) is 24.6 Å². The zero-order valence-electron chi connectivity index (χ0n) is 11.0. The zero-order valence-corrected chi connectivity index (χ0v) is 11.0. The fraction of sp³-hybridized carbons (Fsp3) is 0.385. The molecule has 2 rings (SSSR count). The van der Waals surface area contributed by atoms with Gasteiger partial charge in [-0.25, -0.2) is 0 Å². The molecule has 112 valence electrons. The first-order chi connectivity index (χ1) is 9.91. The number of carboxylic acid groups (broad SMARTS) is 2. The van der Waals surface area contributed by atoms with E-state index < -0.39 is 28.9 Å². The summed E-state index contributed by atoms with van der Waals surface area (Å²) in [4.78, 5) is 34.3. The molecule has 2 atom stereocenters. The summed E-state index contributed by atoms with van der Waals surface area (Å²) in [5, 5.41) is 29.4. The van der Waals surface area contributed by atoms with Crippen LogP contribution < -0.4 is 0 Å². The minimum atomic E-state index is -1.22. The van der Waals surface area contributed by atoms with Crippen LogP contribution in [0.2, 0.25) is 0 Å². The number of rotatable bonds is 5. The molecule has 8 heteroatoms. The molecule has 2 N–H and O–H groups in total. The van der Waals surface area contributed by atoms with E-state index in [2.05, 4.69) is 0 Å². The monoisotopic (exact) mass is 294 g/mol. The number of benzene rings is 1. The number of nitro benzene ring substituents is 1. The number of nitrogens with zero attached hydrogens (tertiary/aromatic N) is 2. The van der Waals surface area contributed by atoms with Gasteiger partial charge in [-0.05, 0) is 18.4 Å². The Kier molecular flexibility index (Phi) is 4.18. The van der Waals surface area contributed by atoms with Crippen molar-refractivity contribution in [1.82, 2.24) is 4.90 Å². The van der Waals surface area contributed by atoms with Gasteiger partial charge >= 0.3 is 11.9 Å². The predicted molar refractivity (Wildman–Crippen MR) is 70.8 cm³/mol. The van der Waals surface area contributed by atoms with Crippen molar-refractivity contribution in [1.29, 1.82) is 0 Å². The fourth-order valence-corrected chi connectivity index (χ4v) is 2.65. The molecule has 1 heterocycles. The minimum Gasteiger partial charge on any atom is -0.480 e. The maximum Gasteiger partial charge on any atom is 0.325 e. The quantitative estimate of drug-likeness (QED) is 0.619. The molecule has 0 amide bonds. The molecule has 21 heavy (non-hydrogen) atoms. The summed E-state index contributed by atoms with van der Waals surface area (Å²) in [6, 6.07) is 3.22. The van der Waals surface area contributed by atoms with Crippen LogP contribution in [0.25, 0.3) is 0 Å². The maximum atomic E-state index is 11.5. The Balaban J connectivity index is 2.39. The van der Waals surface area contributed by atoms with Crippen molar-refractivity contribution in [2.45, 2.75) is 24.9 Å². The summed E-state index contributed by atoms with van der Waals surface area (Å²) in [6.45, 7) is 0.330. The van der Waals surface area contributed by atoms with Crippen LogP contribution in [0.3, 0.4) is 0 Å². The molecule has 0 aromatic heterocycles. The van der Waals surface area contributed by atoms with Gasteiger partial charge in [-0.1, -0.05) is 12.1 Å². The van der Waals surface area contributed by atoms with Crippen LogP contribution in [0, 0.1) is 10.1 Å². The average Bonchev–Trinajstić information content (AvgIpc) is 2.88. The van der Waals surface area contributed by atoms with Gasteiger partial charge in [0.05, 0.1) is 4.92 Å². The molecule has 1 aromatic rings. The van der Waals surface area contributed by atoms with Gasteiger partial charge in [-0.15, -0.1) is 0 Å². The third-order valence-corrected chi connectivity index (χ3v) is 3.54. The number of hydrogen-bond donors (Lipinski definition) is 2. The van der Waals surface area contributed by atoms with Crippen molar-refractivity contribution in [2.24, 2.45) is 0 Å². The Bertz CT molecular complexity index is 588. The van der Waals surface area contributed by atoms with E-state index in [1.807, 2.05) is 0 Å². The van der Waals surface area contributed by atoms with E-state index in [4.69, 9.17) is 5.11 Å². The first-order valence-electron chi connectivity index (χ1n) is 6.37. The van der Waals surface area contributed by atoms with Gasteiger partial charge in [0.25, 0.3) is 5.69 Å². The van der Waals surface area contributed by atoms with Crippen molar-refractivity contribution < 1.29 is 24.7 Å². The van der Waals surface area contributed by atoms with Gasteiger partial charge in [-0.2, -0.15) is 0 Å². The fourth-order valence-electron chi connectivity index (χ4n) is 2.65. The third kappa shape index (κ3) is 3.00. The average molecular weight is 294 g/mol. The van der Waals surface area contributed by atoms with E-state index in [0.29, 0.717) is 19.4 Å². The third-order valence-electron chi connectivity index (χ3n) is 3.54. The molecule has 0 bridgehead atoms. The van der Waals surface area contributed by atoms with Gasteiger partial charge in [0, 0.05) is 18.7 Å². The van der Waals surface area contributed by atoms with Crippen LogP contribution in [0.1, 0.15) is 24.4 Å². The van der Waals surface area contributed by atoms with Gasteiger partial charge in [0.15, 0.2) is 0 Å². The van der Waals surface area contributed by atoms with E-state index in [1.54, 1.807) is 0 Å². The topological polar surface area (TPSA) is 121 Å². The Morgan fingerprint density at radius 2 is 2.10 bits per heavy atom. The van der Waals surface area contributed by atoms with Gasteiger partial charge in [0.1, 0.15) is 12.1 Å². The number of aliphatic carboxylic acids is 2. The van der Waals surface area contributed by atoms with Crippen LogP contribution in [0.15, 0.2) is 24.3 Å². The van der Waals surface area contributed by atoms with Crippen LogP contribution in [0.4, 0.5) is 5.69 Å². The smallest absolute Gasteiger partial charge is 0.325 e. The van der Waals surface area contributed by atoms with E-state index >= 15 is 0 Å². The highest BCUT2D eigenvalue weighted by molar-refractivity contribution is 5.79. The van der Waals surface area contributed by atoms with Gasteiger partial charge < -0.3 is 10.2 Å². The lowest BCUT2D eigenvalue weighted by atomic mass is 10.0. The number of non-ortho nitro benzene ring substituents is 1. The van der Waals surface area contributed by atoms with E-state index in [1.165, 1.54) is 29.2 Å². The van der Waals surface area contributed by atoms with Crippen molar-refractivity contribution >= 4 is 17.6 Å². The van der Waals surface area contributed by atoms with Crippen LogP contribution >= 0.6 is 0 Å². The summed E-state index contributed by atoms with van der Waals surface area (Å²) < 4.78 is 0. The molecule has 0 saturated carbocycles. The highest BCUT2D eigenvalue weighted by Gasteiger charge is 2.39. The van der Waals surface area contributed by atoms with Gasteiger partial charge in [0.2, 0.25) is 0 Å². The van der Waals surface area contributed by atoms with Crippen molar-refractivity contribution in [3.8, 4) is 0 Å². The Morgan fingerprint density at radius 3 is 2.67 bits per heavy atom. The second-order valence-electron chi connectivity index (χ2n) is 4.83. The number of nitro groups is 1. The lowest BCUT2D eigenvalue weighted by Crippen LogP contribution is -2.41. The largest absolute Gasteiger partial charge is 0.480 e. The molecule has 1 saturated heterocycles. The summed E-state index contributed by atoms with van der Waals surface area (Å²) in [7, 11) is 0. The molecule has 1 aromatic carbocycles. The SMILES string of the molecule is O=C(O)C1CCCN1C(C(=O)O)c1cccc([N+](=O)[O-])c1. The molecular formula is C13H14N2O6. The summed E-state index contributed by atoms with van der Waals surface area (Å²) in [5.41, 5.74) is -0.00493. The molecule has 1 aliphatic heterocycles. The standard InChI is InChI=1S/C13H14N2O6/c16-12(17)10-5-2-6-14(10)11(13(18)19)8-3-1-4-9(7-8)15(20)21/h1,3-4,7,10-11H,2,5-6H2,(H,16,17)(H,18,19). The van der Waals surface area contributed by atoms with Crippen LogP contribution in [-0.2, 0) is 9.59 Å². The second-order valence-corrected chi connectivity index (χ2v) is 4.83. The normalized spacial score (nSPS) is 20.1. The summed E-state index contributed by atoms with van der Waals surface area (Å²) in [5.74, 6) is -2.30. The summed E-state index contributed by atoms with van der Waals surface area (Å²) >= 11 is 0. The van der Waals surface area contributed by atoms with Crippen LogP contribution in [-0.4, -0.2) is 44.6 Å². The lowest BCUT2D eigenvalue weighted by Gasteiger charge is -2.28. The number of hydrogen-bond acceptors (Lipinski definition) is 5. The van der Waals surface area contributed by atoms with E-state index in [0.717, 1.165) is 0 Å². The van der Waals surface area contributed by atoms with Crippen LogP contribution in [0.5, 0.6) is 0 Å².